The van der Waals surface area contributed by atoms with Crippen LogP contribution in [0.4, 0.5) is 30.7 Å². The SMILES string of the molecule is C=C(C)C(=O)OCCC(F)(C(F)(F)F)C(F)(F)F. The van der Waals surface area contributed by atoms with Crippen molar-refractivity contribution in [2.24, 2.45) is 0 Å². The highest BCUT2D eigenvalue weighted by atomic mass is 19.4. The molecule has 0 spiro atoms. The Bertz CT molecular complexity index is 315. The molecule has 0 aromatic heterocycles. The van der Waals surface area contributed by atoms with Crippen LogP contribution < -0.4 is 0 Å². The van der Waals surface area contributed by atoms with Crippen LogP contribution in [0.25, 0.3) is 0 Å². The molecule has 9 heteroatoms. The fourth-order valence-corrected chi connectivity index (χ4v) is 0.852. The van der Waals surface area contributed by atoms with Crippen LogP contribution in [0.5, 0.6) is 0 Å². The van der Waals surface area contributed by atoms with Crippen molar-refractivity contribution in [1.29, 1.82) is 0 Å². The Morgan fingerprint density at radius 3 is 1.72 bits per heavy atom. The van der Waals surface area contributed by atoms with Gasteiger partial charge in [0.15, 0.2) is 0 Å². The number of rotatable bonds is 4. The molecule has 0 bridgehead atoms. The lowest BCUT2D eigenvalue weighted by molar-refractivity contribution is -0.344. The van der Waals surface area contributed by atoms with E-state index in [2.05, 4.69) is 11.3 Å². The quantitative estimate of drug-likeness (QED) is 0.449. The average molecular weight is 282 g/mol. The molecule has 106 valence electrons. The van der Waals surface area contributed by atoms with Crippen LogP contribution in [-0.2, 0) is 9.53 Å². The van der Waals surface area contributed by atoms with Crippen molar-refractivity contribution in [3.05, 3.63) is 12.2 Å². The van der Waals surface area contributed by atoms with Gasteiger partial charge >= 0.3 is 24.0 Å². The van der Waals surface area contributed by atoms with Crippen LogP contribution in [0, 0.1) is 0 Å². The largest absolute Gasteiger partial charge is 0.462 e. The minimum Gasteiger partial charge on any atom is -0.462 e. The maximum absolute atomic E-state index is 13.0. The predicted octanol–water partition coefficient (Wildman–Crippen LogP) is 3.33. The molecule has 0 amide bonds. The van der Waals surface area contributed by atoms with E-state index in [0.717, 1.165) is 6.92 Å². The second-order valence-corrected chi connectivity index (χ2v) is 3.46. The third-order valence-electron chi connectivity index (χ3n) is 1.93. The molecule has 0 aliphatic carbocycles. The van der Waals surface area contributed by atoms with Crippen molar-refractivity contribution in [3.8, 4) is 0 Å². The number of hydrogen-bond acceptors (Lipinski definition) is 2. The van der Waals surface area contributed by atoms with Crippen molar-refractivity contribution < 1.29 is 40.3 Å². The first kappa shape index (κ1) is 16.7. The fraction of sp³-hybridized carbons (Fsp3) is 0.667. The third-order valence-corrected chi connectivity index (χ3v) is 1.93. The summed E-state index contributed by atoms with van der Waals surface area (Å²) in [5.74, 6) is -1.19. The number of ether oxygens (including phenoxy) is 1. The van der Waals surface area contributed by atoms with Gasteiger partial charge in [-0.15, -0.1) is 0 Å². The monoisotopic (exact) mass is 282 g/mol. The Labute approximate surface area is 97.4 Å². The van der Waals surface area contributed by atoms with Gasteiger partial charge < -0.3 is 4.74 Å². The zero-order valence-electron chi connectivity index (χ0n) is 9.08. The molecule has 0 aliphatic rings. The molecule has 0 aromatic rings. The Hall–Kier alpha value is -1.28. The number of alkyl halides is 7. The van der Waals surface area contributed by atoms with Crippen LogP contribution in [0.3, 0.4) is 0 Å². The van der Waals surface area contributed by atoms with E-state index in [9.17, 15) is 35.5 Å². The minimum atomic E-state index is -6.14. The summed E-state index contributed by atoms with van der Waals surface area (Å²) in [6, 6.07) is 0. The molecule has 18 heavy (non-hydrogen) atoms. The number of esters is 1. The Morgan fingerprint density at radius 2 is 1.44 bits per heavy atom. The van der Waals surface area contributed by atoms with Crippen LogP contribution in [0.2, 0.25) is 0 Å². The average Bonchev–Trinajstić information content (AvgIpc) is 2.13. The summed E-state index contributed by atoms with van der Waals surface area (Å²) in [6.07, 6.45) is -14.3. The smallest absolute Gasteiger partial charge is 0.431 e. The molecule has 2 nitrogen and oxygen atoms in total. The zero-order chi connectivity index (χ0) is 14.8. The zero-order valence-corrected chi connectivity index (χ0v) is 9.08. The van der Waals surface area contributed by atoms with E-state index in [0.29, 0.717) is 0 Å². The molecule has 0 atom stereocenters. The molecule has 0 saturated carbocycles. The topological polar surface area (TPSA) is 26.3 Å². The number of hydrogen-bond donors (Lipinski definition) is 0. The summed E-state index contributed by atoms with van der Waals surface area (Å²) in [4.78, 5) is 10.7. The van der Waals surface area contributed by atoms with Gasteiger partial charge in [-0.2, -0.15) is 26.3 Å². The Balaban J connectivity index is 4.77. The van der Waals surface area contributed by atoms with Gasteiger partial charge in [0.05, 0.1) is 6.61 Å². The molecule has 0 aliphatic heterocycles. The molecule has 0 radical (unpaired) electrons. The van der Waals surface area contributed by atoms with Gasteiger partial charge in [-0.25, -0.2) is 9.18 Å². The first-order valence-corrected chi connectivity index (χ1v) is 4.48. The molecule has 0 heterocycles. The maximum Gasteiger partial charge on any atom is 0.431 e. The second-order valence-electron chi connectivity index (χ2n) is 3.46. The predicted molar refractivity (Wildman–Crippen MR) is 46.3 cm³/mol. The summed E-state index contributed by atoms with van der Waals surface area (Å²) in [7, 11) is 0. The van der Waals surface area contributed by atoms with Gasteiger partial charge in [-0.1, -0.05) is 6.58 Å². The summed E-state index contributed by atoms with van der Waals surface area (Å²) in [5.41, 5.74) is -5.63. The van der Waals surface area contributed by atoms with Gasteiger partial charge in [0.25, 0.3) is 0 Å². The Kier molecular flexibility index (Phi) is 4.78. The van der Waals surface area contributed by atoms with Crippen LogP contribution in [-0.4, -0.2) is 30.6 Å². The van der Waals surface area contributed by atoms with E-state index in [1.807, 2.05) is 0 Å². The first-order chi connectivity index (χ1) is 7.83. The standard InChI is InChI=1S/C9H9F7O2/c1-5(2)6(17)18-4-3-7(10,8(11,12)13)9(14,15)16/h1,3-4H2,2H3. The van der Waals surface area contributed by atoms with E-state index in [4.69, 9.17) is 0 Å². The van der Waals surface area contributed by atoms with E-state index >= 15 is 0 Å². The molecule has 0 fully saturated rings. The van der Waals surface area contributed by atoms with E-state index in [1.165, 1.54) is 0 Å². The van der Waals surface area contributed by atoms with Crippen molar-refractivity contribution in [2.75, 3.05) is 6.61 Å². The van der Waals surface area contributed by atoms with Crippen LogP contribution in [0.1, 0.15) is 13.3 Å². The maximum atomic E-state index is 13.0. The van der Waals surface area contributed by atoms with E-state index < -0.39 is 37.0 Å². The number of carbonyl (C=O) groups excluding carboxylic acids is 1. The molecule has 0 rings (SSSR count). The highest BCUT2D eigenvalue weighted by Crippen LogP contribution is 2.48. The molecular weight excluding hydrogens is 273 g/mol. The number of halogens is 7. The van der Waals surface area contributed by atoms with Gasteiger partial charge in [0.2, 0.25) is 0 Å². The molecule has 0 N–H and O–H groups in total. The molecule has 0 aromatic carbocycles. The third kappa shape index (κ3) is 3.61. The highest BCUT2D eigenvalue weighted by molar-refractivity contribution is 5.86. The molecular formula is C9H9F7O2. The van der Waals surface area contributed by atoms with Crippen molar-refractivity contribution >= 4 is 5.97 Å². The van der Waals surface area contributed by atoms with Gasteiger partial charge in [0.1, 0.15) is 0 Å². The molecule has 0 saturated heterocycles. The van der Waals surface area contributed by atoms with E-state index in [-0.39, 0.29) is 5.57 Å². The summed E-state index contributed by atoms with van der Waals surface area (Å²) in [5, 5.41) is 0. The van der Waals surface area contributed by atoms with Crippen molar-refractivity contribution in [3.63, 3.8) is 0 Å². The molecule has 0 unspecified atom stereocenters. The van der Waals surface area contributed by atoms with Gasteiger partial charge in [-0.3, -0.25) is 0 Å². The summed E-state index contributed by atoms with van der Waals surface area (Å²) < 4.78 is 89.2. The lowest BCUT2D eigenvalue weighted by Crippen LogP contribution is -2.53. The minimum absolute atomic E-state index is 0.224. The van der Waals surface area contributed by atoms with Gasteiger partial charge in [-0.05, 0) is 6.92 Å². The number of carbonyl (C=O) groups is 1. The van der Waals surface area contributed by atoms with E-state index in [1.54, 1.807) is 0 Å². The van der Waals surface area contributed by atoms with Crippen LogP contribution >= 0.6 is 0 Å². The van der Waals surface area contributed by atoms with Crippen molar-refractivity contribution in [1.82, 2.24) is 0 Å². The Morgan fingerprint density at radius 1 is 1.06 bits per heavy atom. The van der Waals surface area contributed by atoms with Crippen LogP contribution in [0.15, 0.2) is 12.2 Å². The lowest BCUT2D eigenvalue weighted by atomic mass is 10.0. The fourth-order valence-electron chi connectivity index (χ4n) is 0.852. The van der Waals surface area contributed by atoms with Gasteiger partial charge in [0, 0.05) is 12.0 Å². The van der Waals surface area contributed by atoms with Crippen molar-refractivity contribution in [2.45, 2.75) is 31.4 Å². The normalized spacial score (nSPS) is 13.3. The lowest BCUT2D eigenvalue weighted by Gasteiger charge is -2.29. The first-order valence-electron chi connectivity index (χ1n) is 4.48. The second kappa shape index (κ2) is 5.15. The highest BCUT2D eigenvalue weighted by Gasteiger charge is 2.72. The summed E-state index contributed by atoms with van der Waals surface area (Å²) in [6.45, 7) is 2.83. The summed E-state index contributed by atoms with van der Waals surface area (Å²) >= 11 is 0.